The summed E-state index contributed by atoms with van der Waals surface area (Å²) >= 11 is 0. The molecule has 1 N–H and O–H groups in total. The highest BCUT2D eigenvalue weighted by atomic mass is 16.5. The number of nitrogens with one attached hydrogen (secondary N) is 1. The molecule has 0 aliphatic heterocycles. The van der Waals surface area contributed by atoms with Crippen molar-refractivity contribution in [2.24, 2.45) is 0 Å². The highest BCUT2D eigenvalue weighted by molar-refractivity contribution is 5.76. The highest BCUT2D eigenvalue weighted by Gasteiger charge is 2.13. The van der Waals surface area contributed by atoms with Crippen LogP contribution in [0.5, 0.6) is 17.2 Å². The first-order valence-electron chi connectivity index (χ1n) is 6.27. The van der Waals surface area contributed by atoms with E-state index in [2.05, 4.69) is 5.32 Å². The Labute approximate surface area is 119 Å². The van der Waals surface area contributed by atoms with Crippen LogP contribution < -0.4 is 19.5 Å². The summed E-state index contributed by atoms with van der Waals surface area (Å²) in [6.07, 6.45) is 0.420. The molecule has 6 nitrogen and oxygen atoms in total. The maximum Gasteiger partial charge on any atom is 0.223 e. The molecule has 1 rings (SSSR count). The minimum Gasteiger partial charge on any atom is -0.493 e. The van der Waals surface area contributed by atoms with Gasteiger partial charge in [-0.25, -0.2) is 0 Å². The maximum absolute atomic E-state index is 11.5. The molecule has 0 radical (unpaired) electrons. The van der Waals surface area contributed by atoms with Gasteiger partial charge in [0.2, 0.25) is 11.7 Å². The molecule has 6 heteroatoms. The van der Waals surface area contributed by atoms with Gasteiger partial charge in [-0.15, -0.1) is 0 Å². The third-order valence-electron chi connectivity index (χ3n) is 2.83. The lowest BCUT2D eigenvalue weighted by molar-refractivity contribution is -0.128. The van der Waals surface area contributed by atoms with Gasteiger partial charge in [0.05, 0.1) is 21.3 Å². The van der Waals surface area contributed by atoms with Crippen LogP contribution in [0.1, 0.15) is 6.42 Å². The van der Waals surface area contributed by atoms with E-state index in [-0.39, 0.29) is 5.91 Å². The largest absolute Gasteiger partial charge is 0.493 e. The third kappa shape index (κ3) is 3.94. The summed E-state index contributed by atoms with van der Waals surface area (Å²) in [6, 6.07) is 3.61. The number of hydrogen-bond donors (Lipinski definition) is 1. The number of carbonyl (C=O) groups excluding carboxylic acids is 1. The second-order valence-corrected chi connectivity index (χ2v) is 4.38. The third-order valence-corrected chi connectivity index (χ3v) is 2.83. The Morgan fingerprint density at radius 3 is 2.05 bits per heavy atom. The molecule has 0 aromatic heterocycles. The summed E-state index contributed by atoms with van der Waals surface area (Å²) in [5.41, 5.74) is 0.811. The normalized spacial score (nSPS) is 9.85. The van der Waals surface area contributed by atoms with Crippen LogP contribution in [0.15, 0.2) is 12.1 Å². The van der Waals surface area contributed by atoms with E-state index in [4.69, 9.17) is 14.2 Å². The van der Waals surface area contributed by atoms with Crippen molar-refractivity contribution in [3.05, 3.63) is 12.1 Å². The Morgan fingerprint density at radius 1 is 1.10 bits per heavy atom. The summed E-state index contributed by atoms with van der Waals surface area (Å²) < 4.78 is 15.8. The van der Waals surface area contributed by atoms with Crippen molar-refractivity contribution in [3.63, 3.8) is 0 Å². The van der Waals surface area contributed by atoms with E-state index in [0.717, 1.165) is 5.69 Å². The van der Waals surface area contributed by atoms with E-state index < -0.39 is 0 Å². The van der Waals surface area contributed by atoms with E-state index in [1.54, 1.807) is 40.3 Å². The van der Waals surface area contributed by atoms with Gasteiger partial charge >= 0.3 is 0 Å². The van der Waals surface area contributed by atoms with Gasteiger partial charge in [-0.2, -0.15) is 0 Å². The molecule has 112 valence electrons. The van der Waals surface area contributed by atoms with E-state index in [1.165, 1.54) is 0 Å². The number of rotatable bonds is 7. The van der Waals surface area contributed by atoms with Crippen molar-refractivity contribution >= 4 is 11.6 Å². The molecule has 0 fully saturated rings. The van der Waals surface area contributed by atoms with Crippen molar-refractivity contribution in [1.29, 1.82) is 0 Å². The van der Waals surface area contributed by atoms with Crippen LogP contribution in [0, 0.1) is 0 Å². The van der Waals surface area contributed by atoms with Gasteiger partial charge < -0.3 is 24.4 Å². The molecule has 0 atom stereocenters. The molecule has 1 aromatic carbocycles. The fourth-order valence-corrected chi connectivity index (χ4v) is 1.72. The molecule has 0 saturated heterocycles. The molecule has 20 heavy (non-hydrogen) atoms. The Balaban J connectivity index is 2.78. The van der Waals surface area contributed by atoms with Crippen molar-refractivity contribution < 1.29 is 19.0 Å². The van der Waals surface area contributed by atoms with Gasteiger partial charge in [-0.05, 0) is 0 Å². The lowest BCUT2D eigenvalue weighted by Crippen LogP contribution is -2.23. The topological polar surface area (TPSA) is 60.0 Å². The molecule has 0 aliphatic rings. The van der Waals surface area contributed by atoms with E-state index in [0.29, 0.717) is 30.2 Å². The summed E-state index contributed by atoms with van der Waals surface area (Å²) in [4.78, 5) is 13.1. The van der Waals surface area contributed by atoms with E-state index >= 15 is 0 Å². The van der Waals surface area contributed by atoms with Crippen LogP contribution in [-0.4, -0.2) is 52.8 Å². The minimum atomic E-state index is 0.0740. The number of nitrogens with zero attached hydrogens (tertiary/aromatic N) is 1. The zero-order chi connectivity index (χ0) is 15.1. The number of ether oxygens (including phenoxy) is 3. The average molecular weight is 282 g/mol. The van der Waals surface area contributed by atoms with Crippen LogP contribution >= 0.6 is 0 Å². The smallest absolute Gasteiger partial charge is 0.223 e. The predicted molar refractivity (Wildman–Crippen MR) is 77.9 cm³/mol. The van der Waals surface area contributed by atoms with E-state index in [9.17, 15) is 4.79 Å². The minimum absolute atomic E-state index is 0.0740. The Kier molecular flexibility index (Phi) is 5.96. The fourth-order valence-electron chi connectivity index (χ4n) is 1.72. The first-order chi connectivity index (χ1) is 9.53. The van der Waals surface area contributed by atoms with Crippen molar-refractivity contribution in [1.82, 2.24) is 4.90 Å². The SMILES string of the molecule is COc1cc(NCCC(=O)N(C)C)cc(OC)c1OC. The lowest BCUT2D eigenvalue weighted by atomic mass is 10.2. The summed E-state index contributed by atoms with van der Waals surface area (Å²) in [6.45, 7) is 0.537. The summed E-state index contributed by atoms with van der Waals surface area (Å²) in [5.74, 6) is 1.77. The van der Waals surface area contributed by atoms with Crippen LogP contribution in [0.3, 0.4) is 0 Å². The molecular formula is C14H22N2O4. The summed E-state index contributed by atoms with van der Waals surface area (Å²) in [5, 5.41) is 3.17. The van der Waals surface area contributed by atoms with Gasteiger partial charge in [0.15, 0.2) is 11.5 Å². The average Bonchev–Trinajstić information content (AvgIpc) is 2.45. The molecule has 1 aromatic rings. The second kappa shape index (κ2) is 7.47. The van der Waals surface area contributed by atoms with Crippen LogP contribution in [0.4, 0.5) is 5.69 Å². The van der Waals surface area contributed by atoms with Gasteiger partial charge in [0.25, 0.3) is 0 Å². The van der Waals surface area contributed by atoms with Gasteiger partial charge in [-0.1, -0.05) is 0 Å². The predicted octanol–water partition coefficient (Wildman–Crippen LogP) is 1.60. The zero-order valence-electron chi connectivity index (χ0n) is 12.6. The monoisotopic (exact) mass is 282 g/mol. The Hall–Kier alpha value is -2.11. The molecule has 0 heterocycles. The fraction of sp³-hybridized carbons (Fsp3) is 0.500. The standard InChI is InChI=1S/C14H22N2O4/c1-16(2)13(17)6-7-15-10-8-11(18-3)14(20-5)12(9-10)19-4/h8-9,15H,6-7H2,1-5H3. The zero-order valence-corrected chi connectivity index (χ0v) is 12.6. The first kappa shape index (κ1) is 15.9. The molecular weight excluding hydrogens is 260 g/mol. The number of hydrogen-bond acceptors (Lipinski definition) is 5. The molecule has 0 aliphatic carbocycles. The van der Waals surface area contributed by atoms with Crippen LogP contribution in [0.25, 0.3) is 0 Å². The van der Waals surface area contributed by atoms with Crippen molar-refractivity contribution in [2.75, 3.05) is 47.3 Å². The Morgan fingerprint density at radius 2 is 1.65 bits per heavy atom. The van der Waals surface area contributed by atoms with Crippen LogP contribution in [0.2, 0.25) is 0 Å². The van der Waals surface area contributed by atoms with Gasteiger partial charge in [0.1, 0.15) is 0 Å². The number of amides is 1. The second-order valence-electron chi connectivity index (χ2n) is 4.38. The number of anilines is 1. The van der Waals surface area contributed by atoms with Crippen molar-refractivity contribution in [2.45, 2.75) is 6.42 Å². The van der Waals surface area contributed by atoms with E-state index in [1.807, 2.05) is 12.1 Å². The van der Waals surface area contributed by atoms with Crippen molar-refractivity contribution in [3.8, 4) is 17.2 Å². The van der Waals surface area contributed by atoms with Gasteiger partial charge in [0, 0.05) is 44.9 Å². The quantitative estimate of drug-likeness (QED) is 0.823. The highest BCUT2D eigenvalue weighted by Crippen LogP contribution is 2.39. The van der Waals surface area contributed by atoms with Crippen LogP contribution in [-0.2, 0) is 4.79 Å². The molecule has 0 saturated carbocycles. The maximum atomic E-state index is 11.5. The summed E-state index contributed by atoms with van der Waals surface area (Å²) in [7, 11) is 8.17. The lowest BCUT2D eigenvalue weighted by Gasteiger charge is -2.15. The number of carbonyl (C=O) groups is 1. The Bertz CT molecular complexity index is 435. The molecule has 1 amide bonds. The first-order valence-corrected chi connectivity index (χ1v) is 6.27. The van der Waals surface area contributed by atoms with Gasteiger partial charge in [-0.3, -0.25) is 4.79 Å². The number of benzene rings is 1. The molecule has 0 unspecified atom stereocenters. The molecule has 0 bridgehead atoms. The molecule has 0 spiro atoms. The number of methoxy groups -OCH3 is 3.